The summed E-state index contributed by atoms with van der Waals surface area (Å²) in [6.07, 6.45) is 13.8. The number of nitrogens with zero attached hydrogens (tertiary/aromatic N) is 4. The molecule has 17 rings (SSSR count). The van der Waals surface area contributed by atoms with E-state index in [4.69, 9.17) is 23.4 Å². The van der Waals surface area contributed by atoms with Gasteiger partial charge in [0.2, 0.25) is 0 Å². The summed E-state index contributed by atoms with van der Waals surface area (Å²) < 4.78 is 99.7. The number of hydrogen-bond acceptors (Lipinski definition) is 2. The second kappa shape index (κ2) is 15.5. The van der Waals surface area contributed by atoms with Gasteiger partial charge in [-0.05, 0) is 142 Å². The van der Waals surface area contributed by atoms with E-state index in [1.54, 1.807) is 27.3 Å². The first-order valence-corrected chi connectivity index (χ1v) is 23.6. The van der Waals surface area contributed by atoms with E-state index in [-0.39, 0.29) is 54.4 Å². The second-order valence-corrected chi connectivity index (χ2v) is 19.8. The first-order chi connectivity index (χ1) is 37.3. The molecule has 7 aliphatic rings. The van der Waals surface area contributed by atoms with Gasteiger partial charge in [-0.3, -0.25) is 4.57 Å². The van der Waals surface area contributed by atoms with E-state index in [1.165, 1.54) is 44.1 Å². The van der Waals surface area contributed by atoms with Crippen LogP contribution in [-0.4, -0.2) is 14.1 Å². The Morgan fingerprint density at radius 1 is 0.618 bits per heavy atom. The Kier molecular flexibility index (Phi) is 7.17. The third-order valence-electron chi connectivity index (χ3n) is 16.7. The molecule has 0 atom stereocenters. The van der Waals surface area contributed by atoms with Crippen LogP contribution in [0.4, 0.5) is 0 Å². The van der Waals surface area contributed by atoms with Crippen LogP contribution in [0, 0.1) is 59.9 Å². The Balaban J connectivity index is 0.00000552. The van der Waals surface area contributed by atoms with Gasteiger partial charge in [-0.25, -0.2) is 4.98 Å². The minimum Gasteiger partial charge on any atom is -0.510 e. The predicted octanol–water partition coefficient (Wildman–Crippen LogP) is 13.9. The number of pyridine rings is 1. The number of imidazole rings is 1. The van der Waals surface area contributed by atoms with Gasteiger partial charge in [0.15, 0.2) is 0 Å². The first kappa shape index (κ1) is 31.5. The van der Waals surface area contributed by atoms with Crippen LogP contribution in [-0.2, 0) is 26.5 Å². The molecule has 68 heavy (non-hydrogen) atoms. The van der Waals surface area contributed by atoms with Crippen molar-refractivity contribution in [3.63, 3.8) is 0 Å². The smallest absolute Gasteiger partial charge is 0.268 e. The SMILES string of the molecule is [2H]c1c([2H])c([2H])c(-c2cccc(-c3c([2H])c([2H])c([2H])c([2H])c3[2H])c2-[n+]2[c-]n(-c3[c-]c(Oc4[c-]c5c(cc4)c4ccccc4n5-c4cc(C56CC7C8CC9CC7C(C5)C(C9)C8C6)ccn4)ccc3)c3ccccc32)c([2H])c1[2H].[Pt]. The fourth-order valence-corrected chi connectivity index (χ4v) is 14.4. The molecular formula is C62H48N4OPt-2. The molecule has 0 amide bonds. The van der Waals surface area contributed by atoms with Gasteiger partial charge in [0, 0.05) is 44.3 Å². The normalized spacial score (nSPS) is 27.1. The minimum absolute atomic E-state index is 0. The topological polar surface area (TPSA) is 35.9 Å². The van der Waals surface area contributed by atoms with Crippen molar-refractivity contribution in [1.82, 2.24) is 14.1 Å². The van der Waals surface area contributed by atoms with E-state index >= 15 is 0 Å². The molecule has 7 aliphatic carbocycles. The summed E-state index contributed by atoms with van der Waals surface area (Å²) in [6, 6.07) is 36.7. The summed E-state index contributed by atoms with van der Waals surface area (Å²) in [5.41, 5.74) is 5.46. The van der Waals surface area contributed by atoms with E-state index in [2.05, 4.69) is 65.5 Å². The number of para-hydroxylation sites is 4. The number of rotatable bonds is 8. The summed E-state index contributed by atoms with van der Waals surface area (Å²) in [7, 11) is 0. The van der Waals surface area contributed by atoms with Crippen molar-refractivity contribution in [2.45, 2.75) is 43.9 Å². The van der Waals surface area contributed by atoms with Crippen molar-refractivity contribution in [3.05, 3.63) is 200 Å². The van der Waals surface area contributed by atoms with Crippen LogP contribution < -0.4 is 9.30 Å². The second-order valence-electron chi connectivity index (χ2n) is 19.8. The number of ether oxygens (including phenoxy) is 1. The van der Waals surface area contributed by atoms with Gasteiger partial charge < -0.3 is 13.9 Å². The zero-order valence-corrected chi connectivity index (χ0v) is 39.0. The van der Waals surface area contributed by atoms with Crippen LogP contribution in [0.2, 0.25) is 0 Å². The zero-order chi connectivity index (χ0) is 52.5. The molecule has 3 heterocycles. The summed E-state index contributed by atoms with van der Waals surface area (Å²) in [5, 5.41) is 2.13. The zero-order valence-electron chi connectivity index (χ0n) is 46.8. The third-order valence-corrected chi connectivity index (χ3v) is 16.7. The molecule has 10 aromatic rings. The van der Waals surface area contributed by atoms with Gasteiger partial charge in [-0.1, -0.05) is 127 Å². The van der Waals surface area contributed by atoms with Crippen molar-refractivity contribution in [1.29, 1.82) is 0 Å². The fraction of sp³-hybridized carbons (Fsp3) is 0.226. The molecule has 8 bridgehead atoms. The monoisotopic (exact) mass is 1070 g/mol. The molecule has 0 radical (unpaired) electrons. The Labute approximate surface area is 425 Å². The molecule has 7 fully saturated rings. The van der Waals surface area contributed by atoms with Gasteiger partial charge in [-0.15, -0.1) is 29.7 Å². The van der Waals surface area contributed by atoms with Gasteiger partial charge in [-0.2, -0.15) is 18.2 Å². The maximum atomic E-state index is 9.05. The van der Waals surface area contributed by atoms with Crippen molar-refractivity contribution in [2.24, 2.45) is 41.4 Å². The molecule has 0 saturated heterocycles. The van der Waals surface area contributed by atoms with Gasteiger partial charge in [0.25, 0.3) is 6.33 Å². The Morgan fingerprint density at radius 2 is 1.25 bits per heavy atom. The van der Waals surface area contributed by atoms with E-state index in [0.717, 1.165) is 69.0 Å². The third kappa shape index (κ3) is 6.03. The Bertz CT molecular complexity index is 4010. The summed E-state index contributed by atoms with van der Waals surface area (Å²) in [5.74, 6) is 8.11. The largest absolute Gasteiger partial charge is 0.510 e. The van der Waals surface area contributed by atoms with Crippen molar-refractivity contribution in [2.75, 3.05) is 0 Å². The minimum atomic E-state index is -0.563. The molecule has 0 aliphatic heterocycles. The van der Waals surface area contributed by atoms with Gasteiger partial charge in [0.05, 0.1) is 30.4 Å². The van der Waals surface area contributed by atoms with E-state index < -0.39 is 60.4 Å². The summed E-state index contributed by atoms with van der Waals surface area (Å²) >= 11 is 0. The summed E-state index contributed by atoms with van der Waals surface area (Å²) in [6.45, 7) is 0. The molecule has 0 N–H and O–H groups in total. The fourth-order valence-electron chi connectivity index (χ4n) is 14.4. The van der Waals surface area contributed by atoms with Crippen LogP contribution in [0.25, 0.3) is 72.3 Å². The molecule has 5 nitrogen and oxygen atoms in total. The van der Waals surface area contributed by atoms with E-state index in [1.807, 2.05) is 54.7 Å². The van der Waals surface area contributed by atoms with Crippen molar-refractivity contribution in [3.8, 4) is 50.9 Å². The number of aromatic nitrogens is 4. The maximum Gasteiger partial charge on any atom is 0.268 e. The Morgan fingerprint density at radius 3 is 1.96 bits per heavy atom. The number of hydrogen-bond donors (Lipinski definition) is 0. The van der Waals surface area contributed by atoms with Crippen molar-refractivity contribution >= 4 is 32.8 Å². The van der Waals surface area contributed by atoms with E-state index in [0.29, 0.717) is 28.2 Å². The summed E-state index contributed by atoms with van der Waals surface area (Å²) in [4.78, 5) is 5.08. The predicted molar refractivity (Wildman–Crippen MR) is 265 cm³/mol. The van der Waals surface area contributed by atoms with Crippen LogP contribution >= 0.6 is 0 Å². The standard InChI is InChI=1S/C62H48N4O.Pt/c1-3-13-40(14-4-1)46-20-12-21-47(41-15-5-2-6-16-41)61(46)65-38-64(57-23-9-10-24-58(57)65)43-17-11-18-44(33-43)67-45-25-26-49-48-19-7-8-22-56(48)66(59(49)34-45)60-32-42(27-28-63-60)62-35-53-50-29-39-30-51(53)55(37-62)52(31-39)54(50)36-62;/h1-28,32,39,50-55H,29-31,35-37H2;/q-2;/i1D,2D,3D,4D,5D,6D,13D,14D,15D,16D;. The van der Waals surface area contributed by atoms with Crippen LogP contribution in [0.1, 0.15) is 57.8 Å². The Hall–Kier alpha value is -6.55. The van der Waals surface area contributed by atoms with Crippen molar-refractivity contribution < 1.29 is 44.1 Å². The molecule has 7 aromatic carbocycles. The van der Waals surface area contributed by atoms with Crippen LogP contribution in [0.3, 0.4) is 0 Å². The molecule has 334 valence electrons. The van der Waals surface area contributed by atoms with Gasteiger partial charge in [0.1, 0.15) is 5.82 Å². The quantitative estimate of drug-likeness (QED) is 0.112. The molecule has 6 heteroatoms. The average Bonchev–Trinajstić information content (AvgIpc) is 3.36. The molecule has 0 unspecified atom stereocenters. The average molecular weight is 1070 g/mol. The first-order valence-electron chi connectivity index (χ1n) is 28.6. The number of benzene rings is 7. The number of fused-ring (bicyclic) bond motifs is 4. The van der Waals surface area contributed by atoms with Gasteiger partial charge >= 0.3 is 0 Å². The molecule has 3 aromatic heterocycles. The van der Waals surface area contributed by atoms with Crippen LogP contribution in [0.5, 0.6) is 11.5 Å². The van der Waals surface area contributed by atoms with E-state index in [9.17, 15) is 0 Å². The molecule has 0 spiro atoms. The van der Waals surface area contributed by atoms with Crippen LogP contribution in [0.15, 0.2) is 176 Å². The molecular weight excluding hydrogens is 1010 g/mol. The maximum absolute atomic E-state index is 9.05. The molecule has 7 saturated carbocycles.